The zero-order chi connectivity index (χ0) is 16.5. The molecule has 0 aliphatic carbocycles. The Morgan fingerprint density at radius 3 is 3.00 bits per heavy atom. The summed E-state index contributed by atoms with van der Waals surface area (Å²) in [5.74, 6) is 0.598. The molecule has 0 radical (unpaired) electrons. The van der Waals surface area contributed by atoms with E-state index in [9.17, 15) is 4.79 Å². The average molecular weight is 340 g/mol. The van der Waals surface area contributed by atoms with Crippen molar-refractivity contribution in [2.45, 2.75) is 6.54 Å². The number of carbonyl (C=O) groups excluding carboxylic acids is 1. The average Bonchev–Trinajstić information content (AvgIpc) is 3.31. The van der Waals surface area contributed by atoms with E-state index in [1.165, 1.54) is 0 Å². The number of hydrogen-bond donors (Lipinski definition) is 1. The highest BCUT2D eigenvalue weighted by molar-refractivity contribution is 7.00. The van der Waals surface area contributed by atoms with Crippen molar-refractivity contribution in [2.24, 2.45) is 7.05 Å². The molecule has 3 heterocycles. The van der Waals surface area contributed by atoms with Crippen LogP contribution < -0.4 is 5.32 Å². The van der Waals surface area contributed by atoms with Crippen molar-refractivity contribution in [3.8, 4) is 11.5 Å². The zero-order valence-corrected chi connectivity index (χ0v) is 13.4. The van der Waals surface area contributed by atoms with E-state index in [2.05, 4.69) is 24.2 Å². The molecule has 1 amide bonds. The molecule has 0 aliphatic rings. The lowest BCUT2D eigenvalue weighted by molar-refractivity contribution is 0.0946. The van der Waals surface area contributed by atoms with Crippen LogP contribution in [0.25, 0.3) is 22.6 Å². The van der Waals surface area contributed by atoms with Gasteiger partial charge in [-0.3, -0.25) is 4.79 Å². The maximum Gasteiger partial charge on any atom is 0.251 e. The first-order valence-corrected chi connectivity index (χ1v) is 7.88. The van der Waals surface area contributed by atoms with Crippen molar-refractivity contribution in [1.29, 1.82) is 0 Å². The van der Waals surface area contributed by atoms with Crippen molar-refractivity contribution in [2.75, 3.05) is 0 Å². The van der Waals surface area contributed by atoms with Gasteiger partial charge in [0.25, 0.3) is 5.91 Å². The van der Waals surface area contributed by atoms with Crippen LogP contribution in [0, 0.1) is 0 Å². The molecule has 120 valence electrons. The third-order valence-electron chi connectivity index (χ3n) is 3.56. The predicted octanol–water partition coefficient (Wildman–Crippen LogP) is 2.01. The Morgan fingerprint density at radius 1 is 1.29 bits per heavy atom. The SMILES string of the molecule is Cn1cccc1-c1noc(CNC(=O)c2ccc3nsnc3c2)n1. The van der Waals surface area contributed by atoms with Gasteiger partial charge in [-0.05, 0) is 30.3 Å². The van der Waals surface area contributed by atoms with Crippen LogP contribution in [0.15, 0.2) is 41.1 Å². The van der Waals surface area contributed by atoms with E-state index in [4.69, 9.17) is 4.52 Å². The van der Waals surface area contributed by atoms with Gasteiger partial charge in [0.05, 0.1) is 24.0 Å². The van der Waals surface area contributed by atoms with Crippen LogP contribution in [0.2, 0.25) is 0 Å². The molecule has 4 rings (SSSR count). The molecule has 1 aromatic carbocycles. The molecular formula is C15H12N6O2S. The summed E-state index contributed by atoms with van der Waals surface area (Å²) in [5.41, 5.74) is 2.84. The summed E-state index contributed by atoms with van der Waals surface area (Å²) in [4.78, 5) is 16.5. The van der Waals surface area contributed by atoms with Gasteiger partial charge in [-0.2, -0.15) is 13.7 Å². The summed E-state index contributed by atoms with van der Waals surface area (Å²) in [6.45, 7) is 0.156. The number of nitrogens with zero attached hydrogens (tertiary/aromatic N) is 5. The summed E-state index contributed by atoms with van der Waals surface area (Å²) >= 11 is 1.12. The number of nitrogens with one attached hydrogen (secondary N) is 1. The first-order valence-electron chi connectivity index (χ1n) is 7.15. The lowest BCUT2D eigenvalue weighted by Crippen LogP contribution is -2.22. The van der Waals surface area contributed by atoms with Crippen LogP contribution in [-0.4, -0.2) is 29.4 Å². The van der Waals surface area contributed by atoms with Crippen LogP contribution in [-0.2, 0) is 13.6 Å². The molecular weight excluding hydrogens is 328 g/mol. The number of rotatable bonds is 4. The van der Waals surface area contributed by atoms with Crippen molar-refractivity contribution < 1.29 is 9.32 Å². The molecule has 24 heavy (non-hydrogen) atoms. The second-order valence-corrected chi connectivity index (χ2v) is 5.69. The molecule has 0 atom stereocenters. The van der Waals surface area contributed by atoms with Crippen molar-refractivity contribution in [3.05, 3.63) is 48.0 Å². The van der Waals surface area contributed by atoms with E-state index in [0.717, 1.165) is 22.9 Å². The molecule has 3 aromatic heterocycles. The van der Waals surface area contributed by atoms with Gasteiger partial charge in [0.15, 0.2) is 0 Å². The maximum absolute atomic E-state index is 12.2. The van der Waals surface area contributed by atoms with Crippen LogP contribution in [0.3, 0.4) is 0 Å². The minimum absolute atomic E-state index is 0.156. The van der Waals surface area contributed by atoms with Crippen LogP contribution in [0.1, 0.15) is 16.2 Å². The van der Waals surface area contributed by atoms with E-state index in [1.807, 2.05) is 29.9 Å². The molecule has 4 aromatic rings. The summed E-state index contributed by atoms with van der Waals surface area (Å²) < 4.78 is 15.3. The monoisotopic (exact) mass is 340 g/mol. The Morgan fingerprint density at radius 2 is 2.17 bits per heavy atom. The van der Waals surface area contributed by atoms with Gasteiger partial charge in [-0.1, -0.05) is 5.16 Å². The van der Waals surface area contributed by atoms with E-state index < -0.39 is 0 Å². The Bertz CT molecular complexity index is 1020. The summed E-state index contributed by atoms with van der Waals surface area (Å²) in [6.07, 6.45) is 1.90. The second-order valence-electron chi connectivity index (χ2n) is 5.17. The predicted molar refractivity (Wildman–Crippen MR) is 87.3 cm³/mol. The fourth-order valence-corrected chi connectivity index (χ4v) is 2.82. The first kappa shape index (κ1) is 14.5. The van der Waals surface area contributed by atoms with E-state index >= 15 is 0 Å². The Hall–Kier alpha value is -3.07. The number of aromatic nitrogens is 5. The van der Waals surface area contributed by atoms with Crippen LogP contribution in [0.4, 0.5) is 0 Å². The third-order valence-corrected chi connectivity index (χ3v) is 4.11. The minimum atomic E-state index is -0.233. The number of benzene rings is 1. The normalized spacial score (nSPS) is 11.0. The minimum Gasteiger partial charge on any atom is -0.348 e. The number of hydrogen-bond acceptors (Lipinski definition) is 7. The highest BCUT2D eigenvalue weighted by Gasteiger charge is 2.13. The van der Waals surface area contributed by atoms with E-state index in [-0.39, 0.29) is 12.5 Å². The number of fused-ring (bicyclic) bond motifs is 1. The van der Waals surface area contributed by atoms with Crippen LogP contribution >= 0.6 is 11.7 Å². The number of aryl methyl sites for hydroxylation is 1. The Kier molecular flexibility index (Phi) is 3.54. The summed E-state index contributed by atoms with van der Waals surface area (Å²) in [6, 6.07) is 8.98. The molecule has 0 spiro atoms. The van der Waals surface area contributed by atoms with Gasteiger partial charge in [-0.15, -0.1) is 0 Å². The molecule has 1 N–H and O–H groups in total. The topological polar surface area (TPSA) is 98.7 Å². The van der Waals surface area contributed by atoms with E-state index in [1.54, 1.807) is 18.2 Å². The third kappa shape index (κ3) is 2.65. The molecule has 0 saturated heterocycles. The second kappa shape index (κ2) is 5.85. The lowest BCUT2D eigenvalue weighted by Gasteiger charge is -2.01. The molecule has 0 saturated carbocycles. The van der Waals surface area contributed by atoms with Gasteiger partial charge in [0.1, 0.15) is 11.0 Å². The Balaban J connectivity index is 1.45. The van der Waals surface area contributed by atoms with E-state index in [0.29, 0.717) is 22.8 Å². The standard InChI is InChI=1S/C15H12N6O2S/c1-21-6-2-3-12(21)14-17-13(23-18-14)8-16-15(22)9-4-5-10-11(7-9)20-24-19-10/h2-7H,8H2,1H3,(H,16,22). The molecule has 0 fully saturated rings. The first-order chi connectivity index (χ1) is 11.7. The highest BCUT2D eigenvalue weighted by atomic mass is 32.1. The van der Waals surface area contributed by atoms with Gasteiger partial charge < -0.3 is 14.4 Å². The Labute approximate surface area is 140 Å². The molecule has 0 aliphatic heterocycles. The molecule has 0 unspecified atom stereocenters. The maximum atomic E-state index is 12.2. The summed E-state index contributed by atoms with van der Waals surface area (Å²) in [7, 11) is 1.90. The molecule has 9 heteroatoms. The summed E-state index contributed by atoms with van der Waals surface area (Å²) in [5, 5.41) is 6.69. The molecule has 8 nitrogen and oxygen atoms in total. The zero-order valence-electron chi connectivity index (χ0n) is 12.6. The quantitative estimate of drug-likeness (QED) is 0.610. The van der Waals surface area contributed by atoms with Gasteiger partial charge in [0, 0.05) is 18.8 Å². The van der Waals surface area contributed by atoms with Crippen molar-refractivity contribution in [3.63, 3.8) is 0 Å². The van der Waals surface area contributed by atoms with Crippen molar-refractivity contribution in [1.82, 2.24) is 28.8 Å². The van der Waals surface area contributed by atoms with Crippen molar-refractivity contribution >= 4 is 28.7 Å². The highest BCUT2D eigenvalue weighted by Crippen LogP contribution is 2.16. The molecule has 0 bridgehead atoms. The fourth-order valence-electron chi connectivity index (χ4n) is 2.31. The number of amides is 1. The lowest BCUT2D eigenvalue weighted by atomic mass is 10.2. The largest absolute Gasteiger partial charge is 0.348 e. The van der Waals surface area contributed by atoms with Crippen LogP contribution in [0.5, 0.6) is 0 Å². The van der Waals surface area contributed by atoms with Gasteiger partial charge in [-0.25, -0.2) is 0 Å². The fraction of sp³-hybridized carbons (Fsp3) is 0.133. The smallest absolute Gasteiger partial charge is 0.251 e. The van der Waals surface area contributed by atoms with Gasteiger partial charge in [0.2, 0.25) is 11.7 Å². The van der Waals surface area contributed by atoms with Gasteiger partial charge >= 0.3 is 0 Å². The number of carbonyl (C=O) groups is 1.